The molecular weight excluding hydrogens is 372 g/mol. The van der Waals surface area contributed by atoms with Gasteiger partial charge in [-0.25, -0.2) is 4.79 Å². The van der Waals surface area contributed by atoms with Gasteiger partial charge in [-0.2, -0.15) is 0 Å². The zero-order valence-corrected chi connectivity index (χ0v) is 15.2. The van der Waals surface area contributed by atoms with Crippen LogP contribution in [0.5, 0.6) is 0 Å². The summed E-state index contributed by atoms with van der Waals surface area (Å²) in [5.74, 6) is -0.384. The number of carbonyl (C=O) groups is 1. The fourth-order valence-corrected chi connectivity index (χ4v) is 3.54. The molecule has 0 spiro atoms. The second-order valence-electron chi connectivity index (χ2n) is 6.09. The van der Waals surface area contributed by atoms with E-state index in [1.165, 1.54) is 0 Å². The van der Waals surface area contributed by atoms with Crippen molar-refractivity contribution in [3.63, 3.8) is 0 Å². The molecule has 6 heteroatoms. The van der Waals surface area contributed by atoms with E-state index in [0.717, 1.165) is 40.3 Å². The van der Waals surface area contributed by atoms with Gasteiger partial charge in [0.15, 0.2) is 0 Å². The van der Waals surface area contributed by atoms with Crippen LogP contribution < -0.4 is 5.32 Å². The minimum Gasteiger partial charge on any atom is -0.462 e. The van der Waals surface area contributed by atoms with Crippen LogP contribution in [-0.4, -0.2) is 34.8 Å². The molecular formula is C18H21BrN2O3. The van der Waals surface area contributed by atoms with E-state index in [1.807, 2.05) is 18.2 Å². The summed E-state index contributed by atoms with van der Waals surface area (Å²) in [5.41, 5.74) is 1.98. The van der Waals surface area contributed by atoms with Crippen molar-refractivity contribution in [1.29, 1.82) is 0 Å². The molecule has 0 radical (unpaired) electrons. The first-order chi connectivity index (χ1) is 11.6. The number of aliphatic hydroxyl groups is 1. The Kier molecular flexibility index (Phi) is 5.36. The molecule has 128 valence electrons. The molecule has 2 aromatic rings. The van der Waals surface area contributed by atoms with Gasteiger partial charge in [0.1, 0.15) is 5.56 Å². The number of rotatable bonds is 4. The highest BCUT2D eigenvalue weighted by atomic mass is 79.9. The van der Waals surface area contributed by atoms with Gasteiger partial charge in [0, 0.05) is 22.1 Å². The summed E-state index contributed by atoms with van der Waals surface area (Å²) in [7, 11) is 0. The van der Waals surface area contributed by atoms with E-state index in [2.05, 4.69) is 26.2 Å². The first-order valence-corrected chi connectivity index (χ1v) is 9.07. The number of hydrogen-bond acceptors (Lipinski definition) is 5. The summed E-state index contributed by atoms with van der Waals surface area (Å²) in [4.78, 5) is 16.7. The van der Waals surface area contributed by atoms with E-state index in [4.69, 9.17) is 4.74 Å². The van der Waals surface area contributed by atoms with E-state index in [9.17, 15) is 9.90 Å². The van der Waals surface area contributed by atoms with E-state index in [-0.39, 0.29) is 18.1 Å². The van der Waals surface area contributed by atoms with Crippen LogP contribution in [0, 0.1) is 0 Å². The molecule has 1 aliphatic rings. The topological polar surface area (TPSA) is 71.5 Å². The van der Waals surface area contributed by atoms with Gasteiger partial charge < -0.3 is 15.2 Å². The summed E-state index contributed by atoms with van der Waals surface area (Å²) in [6.07, 6.45) is 4.74. The van der Waals surface area contributed by atoms with Crippen LogP contribution in [0.4, 0.5) is 5.69 Å². The van der Waals surface area contributed by atoms with Crippen LogP contribution in [0.2, 0.25) is 0 Å². The number of carbonyl (C=O) groups excluding carboxylic acids is 1. The smallest absolute Gasteiger partial charge is 0.341 e. The first kappa shape index (κ1) is 17.2. The van der Waals surface area contributed by atoms with Crippen molar-refractivity contribution in [1.82, 2.24) is 4.98 Å². The van der Waals surface area contributed by atoms with E-state index >= 15 is 0 Å². The molecule has 1 aliphatic carbocycles. The van der Waals surface area contributed by atoms with Gasteiger partial charge in [0.25, 0.3) is 0 Å². The Balaban J connectivity index is 2.04. The molecule has 1 aromatic carbocycles. The Morgan fingerprint density at radius 3 is 3.04 bits per heavy atom. The lowest BCUT2D eigenvalue weighted by atomic mass is 9.92. The number of halogens is 1. The van der Waals surface area contributed by atoms with Crippen molar-refractivity contribution in [3.8, 4) is 0 Å². The maximum Gasteiger partial charge on any atom is 0.341 e. The Labute approximate surface area is 149 Å². The molecule has 0 saturated heterocycles. The Hall–Kier alpha value is -1.66. The van der Waals surface area contributed by atoms with Gasteiger partial charge in [-0.1, -0.05) is 15.9 Å². The van der Waals surface area contributed by atoms with Crippen LogP contribution in [0.15, 0.2) is 28.9 Å². The summed E-state index contributed by atoms with van der Waals surface area (Å²) in [5, 5.41) is 14.3. The lowest BCUT2D eigenvalue weighted by Gasteiger charge is -2.28. The van der Waals surface area contributed by atoms with Gasteiger partial charge in [-0.05, 0) is 50.8 Å². The molecule has 2 atom stereocenters. The second kappa shape index (κ2) is 7.49. The lowest BCUT2D eigenvalue weighted by molar-refractivity contribution is 0.0527. The SMILES string of the molecule is CCOC(=O)c1cnc2ccc(Br)cc2c1NC1CCCC(O)C1. The molecule has 1 heterocycles. The monoisotopic (exact) mass is 392 g/mol. The number of aromatic nitrogens is 1. The third-order valence-electron chi connectivity index (χ3n) is 4.32. The number of ether oxygens (including phenoxy) is 1. The molecule has 24 heavy (non-hydrogen) atoms. The normalized spacial score (nSPS) is 20.8. The number of pyridine rings is 1. The number of nitrogens with one attached hydrogen (secondary N) is 1. The predicted octanol–water partition coefficient (Wildman–Crippen LogP) is 3.89. The zero-order valence-electron chi connectivity index (χ0n) is 13.6. The Morgan fingerprint density at radius 2 is 2.29 bits per heavy atom. The number of aliphatic hydroxyl groups excluding tert-OH is 1. The minimum atomic E-state index is -0.384. The highest BCUT2D eigenvalue weighted by molar-refractivity contribution is 9.10. The standard InChI is InChI=1S/C18H21BrN2O3/c1-2-24-18(23)15-10-20-16-7-6-11(19)8-14(16)17(15)21-12-4-3-5-13(22)9-12/h6-8,10,12-13,22H,2-5,9H2,1H3,(H,20,21). The molecule has 2 unspecified atom stereocenters. The molecule has 0 amide bonds. The van der Waals surface area contributed by atoms with Gasteiger partial charge in [0.2, 0.25) is 0 Å². The minimum absolute atomic E-state index is 0.131. The van der Waals surface area contributed by atoms with Crippen molar-refractivity contribution in [3.05, 3.63) is 34.4 Å². The number of anilines is 1. The van der Waals surface area contributed by atoms with Crippen molar-refractivity contribution in [2.75, 3.05) is 11.9 Å². The van der Waals surface area contributed by atoms with Gasteiger partial charge in [-0.15, -0.1) is 0 Å². The predicted molar refractivity (Wildman–Crippen MR) is 97.3 cm³/mol. The van der Waals surface area contributed by atoms with Gasteiger partial charge in [0.05, 0.1) is 23.9 Å². The molecule has 5 nitrogen and oxygen atoms in total. The Morgan fingerprint density at radius 1 is 1.46 bits per heavy atom. The van der Waals surface area contributed by atoms with E-state index < -0.39 is 0 Å². The van der Waals surface area contributed by atoms with E-state index in [1.54, 1.807) is 13.1 Å². The van der Waals surface area contributed by atoms with E-state index in [0.29, 0.717) is 18.6 Å². The van der Waals surface area contributed by atoms with Gasteiger partial charge in [-0.3, -0.25) is 4.98 Å². The fraction of sp³-hybridized carbons (Fsp3) is 0.444. The molecule has 2 N–H and O–H groups in total. The third-order valence-corrected chi connectivity index (χ3v) is 4.81. The van der Waals surface area contributed by atoms with Crippen molar-refractivity contribution in [2.24, 2.45) is 0 Å². The molecule has 1 aromatic heterocycles. The van der Waals surface area contributed by atoms with Crippen LogP contribution in [0.25, 0.3) is 10.9 Å². The number of fused-ring (bicyclic) bond motifs is 1. The van der Waals surface area contributed by atoms with Crippen molar-refractivity contribution in [2.45, 2.75) is 44.8 Å². The number of nitrogens with zero attached hydrogens (tertiary/aromatic N) is 1. The average molecular weight is 393 g/mol. The molecule has 1 fully saturated rings. The number of benzene rings is 1. The molecule has 0 aliphatic heterocycles. The summed E-state index contributed by atoms with van der Waals surface area (Å²) in [6, 6.07) is 5.92. The summed E-state index contributed by atoms with van der Waals surface area (Å²) >= 11 is 3.48. The van der Waals surface area contributed by atoms with Crippen LogP contribution in [0.3, 0.4) is 0 Å². The summed E-state index contributed by atoms with van der Waals surface area (Å²) in [6.45, 7) is 2.10. The lowest BCUT2D eigenvalue weighted by Crippen LogP contribution is -2.30. The maximum absolute atomic E-state index is 12.3. The quantitative estimate of drug-likeness (QED) is 0.772. The van der Waals surface area contributed by atoms with Crippen LogP contribution in [-0.2, 0) is 4.74 Å². The molecule has 0 bridgehead atoms. The number of esters is 1. The van der Waals surface area contributed by atoms with Crippen LogP contribution in [0.1, 0.15) is 43.0 Å². The average Bonchev–Trinajstić information content (AvgIpc) is 2.55. The zero-order chi connectivity index (χ0) is 17.1. The molecule has 3 rings (SSSR count). The largest absolute Gasteiger partial charge is 0.462 e. The van der Waals surface area contributed by atoms with Crippen LogP contribution >= 0.6 is 15.9 Å². The second-order valence-corrected chi connectivity index (χ2v) is 7.01. The third kappa shape index (κ3) is 3.70. The first-order valence-electron chi connectivity index (χ1n) is 8.28. The highest BCUT2D eigenvalue weighted by Gasteiger charge is 2.24. The highest BCUT2D eigenvalue weighted by Crippen LogP contribution is 2.32. The summed E-state index contributed by atoms with van der Waals surface area (Å²) < 4.78 is 6.10. The fourth-order valence-electron chi connectivity index (χ4n) is 3.18. The maximum atomic E-state index is 12.3. The van der Waals surface area contributed by atoms with Crippen molar-refractivity contribution < 1.29 is 14.6 Å². The van der Waals surface area contributed by atoms with Crippen molar-refractivity contribution >= 4 is 38.5 Å². The molecule has 1 saturated carbocycles. The number of hydrogen-bond donors (Lipinski definition) is 2. The van der Waals surface area contributed by atoms with Gasteiger partial charge >= 0.3 is 5.97 Å². The Bertz CT molecular complexity index is 750.